The van der Waals surface area contributed by atoms with Gasteiger partial charge in [0.15, 0.2) is 0 Å². The van der Waals surface area contributed by atoms with Crippen LogP contribution in [0.3, 0.4) is 0 Å². The predicted octanol–water partition coefficient (Wildman–Crippen LogP) is 2.28. The molecule has 0 aliphatic heterocycles. The van der Waals surface area contributed by atoms with Crippen molar-refractivity contribution in [3.63, 3.8) is 0 Å². The first-order valence-corrected chi connectivity index (χ1v) is 18.3. The van der Waals surface area contributed by atoms with Gasteiger partial charge >= 0.3 is 77.6 Å². The van der Waals surface area contributed by atoms with Crippen LogP contribution in [0.5, 0.6) is 0 Å². The summed E-state index contributed by atoms with van der Waals surface area (Å²) in [6.45, 7) is 0. The number of carbonyl (C=O) groups is 1. The fraction of sp³-hybridized carbons (Fsp3) is 0.667. The first-order valence-electron chi connectivity index (χ1n) is 2.09. The zero-order valence-corrected chi connectivity index (χ0v) is 11.5. The van der Waals surface area contributed by atoms with Crippen molar-refractivity contribution in [1.82, 2.24) is 0 Å². The number of hydrogen-bond acceptors (Lipinski definition) is 2. The summed E-state index contributed by atoms with van der Waals surface area (Å²) in [5, 5.41) is 0.427. The van der Waals surface area contributed by atoms with Crippen molar-refractivity contribution in [3.05, 3.63) is 0 Å². The zero-order valence-electron chi connectivity index (χ0n) is 4.66. The van der Waals surface area contributed by atoms with Crippen molar-refractivity contribution >= 4 is 55.7 Å². The van der Waals surface area contributed by atoms with Crippen molar-refractivity contribution in [2.24, 2.45) is 0 Å². The molecule has 0 aliphatic carbocycles. The first-order chi connectivity index (χ1) is 3.95. The number of esters is 1. The third-order valence-electron chi connectivity index (χ3n) is 0.572. The van der Waals surface area contributed by atoms with E-state index in [4.69, 9.17) is 0 Å². The van der Waals surface area contributed by atoms with E-state index in [9.17, 15) is 4.79 Å². The summed E-state index contributed by atoms with van der Waals surface area (Å²) in [6.07, 6.45) is 0. The third-order valence-corrected chi connectivity index (χ3v) is 6.39. The molecule has 2 nitrogen and oxygen atoms in total. The van der Waals surface area contributed by atoms with Gasteiger partial charge in [0, 0.05) is 0 Å². The van der Waals surface area contributed by atoms with Gasteiger partial charge in [-0.1, -0.05) is 0 Å². The second-order valence-electron chi connectivity index (χ2n) is 1.37. The number of hydrogen-bond donors (Lipinski definition) is 0. The Kier molecular flexibility index (Phi) is 5.06. The fourth-order valence-corrected chi connectivity index (χ4v) is 4.79. The Balaban J connectivity index is 3.60. The molecule has 0 radical (unpaired) electrons. The van der Waals surface area contributed by atoms with Crippen LogP contribution in [-0.4, -0.2) is 20.8 Å². The Hall–Kier alpha value is 1.45. The molecule has 0 bridgehead atoms. The second-order valence-corrected chi connectivity index (χ2v) is 42.4. The molecule has 0 heterocycles. The Labute approximate surface area is 76.9 Å². The van der Waals surface area contributed by atoms with Crippen LogP contribution in [0, 0.1) is 0 Å². The molecule has 0 aromatic rings. The number of ether oxygens (including phenoxy) is 1. The van der Waals surface area contributed by atoms with E-state index in [1.807, 2.05) is 0 Å². The molecule has 0 aromatic heterocycles. The molecule has 0 fully saturated rings. The van der Waals surface area contributed by atoms with Crippen LogP contribution in [0.2, 0.25) is 5.25 Å². The molecule has 54 valence electrons. The van der Waals surface area contributed by atoms with Crippen LogP contribution in [0.25, 0.3) is 0 Å². The summed E-state index contributed by atoms with van der Waals surface area (Å²) in [6, 6.07) is 0. The van der Waals surface area contributed by atoms with E-state index in [2.05, 4.69) is 46.7 Å². The van der Waals surface area contributed by atoms with E-state index in [0.29, 0.717) is 5.25 Å². The van der Waals surface area contributed by atoms with Gasteiger partial charge in [0.2, 0.25) is 0 Å². The topological polar surface area (TPSA) is 26.3 Å². The van der Waals surface area contributed by atoms with Crippen LogP contribution >= 0.6 is 42.0 Å². The van der Waals surface area contributed by atoms with Gasteiger partial charge in [-0.3, -0.25) is 0 Å². The molecule has 0 N–H and O–H groups in total. The van der Waals surface area contributed by atoms with Crippen molar-refractivity contribution in [1.29, 1.82) is 0 Å². The SMILES string of the molecule is COC(=O)[CH2][Ge]([Br])([Br])[Br]. The van der Waals surface area contributed by atoms with Gasteiger partial charge in [0.25, 0.3) is 0 Å². The third kappa shape index (κ3) is 7.35. The minimum absolute atomic E-state index is 0.194. The summed E-state index contributed by atoms with van der Waals surface area (Å²) in [4.78, 5) is 10.6. The van der Waals surface area contributed by atoms with Crippen LogP contribution in [0.15, 0.2) is 0 Å². The van der Waals surface area contributed by atoms with E-state index < -0.39 is 7.74 Å². The van der Waals surface area contributed by atoms with Gasteiger partial charge in [0.1, 0.15) is 0 Å². The molecule has 0 amide bonds. The maximum absolute atomic E-state index is 10.6. The molecule has 0 aromatic carbocycles. The summed E-state index contributed by atoms with van der Waals surface area (Å²) in [5.74, 6) is -0.194. The molecule has 6 heteroatoms. The zero-order chi connectivity index (χ0) is 7.49. The van der Waals surface area contributed by atoms with Gasteiger partial charge in [0.05, 0.1) is 0 Å². The van der Waals surface area contributed by atoms with E-state index in [1.165, 1.54) is 7.11 Å². The molecule has 0 atom stereocenters. The minimum atomic E-state index is -2.22. The van der Waals surface area contributed by atoms with Crippen molar-refractivity contribution in [3.8, 4) is 0 Å². The molecule has 0 rings (SSSR count). The average molecular weight is 385 g/mol. The molecular weight excluding hydrogens is 380 g/mol. The summed E-state index contributed by atoms with van der Waals surface area (Å²) in [5.41, 5.74) is 0. The normalized spacial score (nSPS) is 11.1. The standard InChI is InChI=1S/C3H5Br3GeO2/c1-9-3(8)2-7(4,5)6/h2H2,1H3. The van der Waals surface area contributed by atoms with Crippen molar-refractivity contribution in [2.45, 2.75) is 5.25 Å². The number of rotatable bonds is 2. The quantitative estimate of drug-likeness (QED) is 0.539. The maximum atomic E-state index is 10.6. The van der Waals surface area contributed by atoms with E-state index in [1.54, 1.807) is 0 Å². The van der Waals surface area contributed by atoms with Gasteiger partial charge in [-0.15, -0.1) is 0 Å². The fourth-order valence-electron chi connectivity index (χ4n) is 0.236. The van der Waals surface area contributed by atoms with E-state index in [-0.39, 0.29) is 5.97 Å². The number of carbonyl (C=O) groups excluding carboxylic acids is 1. The van der Waals surface area contributed by atoms with Crippen LogP contribution < -0.4 is 0 Å². The summed E-state index contributed by atoms with van der Waals surface area (Å²) in [7, 11) is -0.843. The van der Waals surface area contributed by atoms with Crippen molar-refractivity contribution in [2.75, 3.05) is 7.11 Å². The molecule has 0 saturated carbocycles. The molecule has 0 spiro atoms. The Morgan fingerprint density at radius 1 is 1.56 bits per heavy atom. The molecule has 9 heavy (non-hydrogen) atoms. The Morgan fingerprint density at radius 2 is 2.00 bits per heavy atom. The molecule has 0 aliphatic rings. The van der Waals surface area contributed by atoms with Crippen molar-refractivity contribution < 1.29 is 9.53 Å². The van der Waals surface area contributed by atoms with Gasteiger partial charge in [-0.25, -0.2) is 0 Å². The summed E-state index contributed by atoms with van der Waals surface area (Å²) < 4.78 is 4.44. The van der Waals surface area contributed by atoms with Gasteiger partial charge in [-0.2, -0.15) is 0 Å². The van der Waals surface area contributed by atoms with Gasteiger partial charge < -0.3 is 0 Å². The van der Waals surface area contributed by atoms with E-state index >= 15 is 0 Å². The van der Waals surface area contributed by atoms with Crippen LogP contribution in [0.4, 0.5) is 0 Å². The Bertz CT molecular complexity index is 110. The number of methoxy groups -OCH3 is 1. The average Bonchev–Trinajstić information content (AvgIpc) is 1.62. The monoisotopic (exact) mass is 384 g/mol. The van der Waals surface area contributed by atoms with Crippen LogP contribution in [0.1, 0.15) is 0 Å². The molecular formula is C3H5Br3GeO2. The van der Waals surface area contributed by atoms with Gasteiger partial charge in [-0.05, 0) is 0 Å². The number of halogens is 3. The molecule has 0 unspecified atom stereocenters. The molecule has 0 saturated heterocycles. The van der Waals surface area contributed by atoms with E-state index in [0.717, 1.165) is 0 Å². The second kappa shape index (κ2) is 4.36. The predicted molar refractivity (Wildman–Crippen MR) is 49.4 cm³/mol. The Morgan fingerprint density at radius 3 is 2.11 bits per heavy atom. The van der Waals surface area contributed by atoms with Crippen LogP contribution in [-0.2, 0) is 9.53 Å². The first kappa shape index (κ1) is 10.5. The summed E-state index contributed by atoms with van der Waals surface area (Å²) >= 11 is 10.0.